The number of hydrogen-bond donors (Lipinski definition) is 2. The third-order valence-electron chi connectivity index (χ3n) is 6.24. The number of aromatic nitrogens is 4. The third-order valence-corrected chi connectivity index (χ3v) is 6.71. The van der Waals surface area contributed by atoms with Gasteiger partial charge in [0.1, 0.15) is 11.7 Å². The number of pyridine rings is 1. The van der Waals surface area contributed by atoms with Crippen LogP contribution in [-0.4, -0.2) is 43.1 Å². The van der Waals surface area contributed by atoms with Crippen LogP contribution in [0.15, 0.2) is 29.0 Å². The molecule has 3 heterocycles. The highest BCUT2D eigenvalue weighted by Gasteiger charge is 2.38. The van der Waals surface area contributed by atoms with Gasteiger partial charge in [0.25, 0.3) is 11.8 Å². The van der Waals surface area contributed by atoms with Crippen molar-refractivity contribution in [3.8, 4) is 5.88 Å². The van der Waals surface area contributed by atoms with Gasteiger partial charge in [-0.15, -0.1) is 5.10 Å². The standard InChI is InChI=1S/C22H22BrF3N6O3/c23-11-1-8-16-17(29-21(22(24,25)26)31(16)9-11)19(34)28-12-2-6-14(7-3-12)35-20-15(18(27)33)10-32(30-20)13-4-5-13/h1,8-10,12-14H,2-7H2,(H2,27,33)(H,28,34). The zero-order valence-corrected chi connectivity index (χ0v) is 20.0. The first-order valence-electron chi connectivity index (χ1n) is 11.2. The number of amides is 2. The molecule has 2 aliphatic carbocycles. The van der Waals surface area contributed by atoms with Crippen LogP contribution in [0.2, 0.25) is 0 Å². The molecule has 2 fully saturated rings. The van der Waals surface area contributed by atoms with Crippen molar-refractivity contribution in [1.82, 2.24) is 24.5 Å². The Kier molecular flexibility index (Phi) is 5.98. The van der Waals surface area contributed by atoms with E-state index in [0.29, 0.717) is 30.2 Å². The van der Waals surface area contributed by atoms with Gasteiger partial charge in [0.05, 0.1) is 11.6 Å². The van der Waals surface area contributed by atoms with Crippen LogP contribution in [0.25, 0.3) is 5.52 Å². The van der Waals surface area contributed by atoms with Crippen LogP contribution in [0.5, 0.6) is 5.88 Å². The van der Waals surface area contributed by atoms with Crippen molar-refractivity contribution in [2.24, 2.45) is 5.73 Å². The molecule has 0 spiro atoms. The number of rotatable bonds is 6. The van der Waals surface area contributed by atoms with E-state index < -0.39 is 23.8 Å². The van der Waals surface area contributed by atoms with Gasteiger partial charge in [-0.2, -0.15) is 13.2 Å². The lowest BCUT2D eigenvalue weighted by molar-refractivity contribution is -0.145. The van der Waals surface area contributed by atoms with Crippen molar-refractivity contribution < 1.29 is 27.5 Å². The minimum atomic E-state index is -4.71. The predicted molar refractivity (Wildman–Crippen MR) is 121 cm³/mol. The summed E-state index contributed by atoms with van der Waals surface area (Å²) < 4.78 is 49.3. The van der Waals surface area contributed by atoms with Crippen LogP contribution in [0.4, 0.5) is 13.2 Å². The fourth-order valence-corrected chi connectivity index (χ4v) is 4.66. The number of alkyl halides is 3. The summed E-state index contributed by atoms with van der Waals surface area (Å²) in [6, 6.07) is 3.00. The molecule has 0 aromatic carbocycles. The molecule has 9 nitrogen and oxygen atoms in total. The Morgan fingerprint density at radius 2 is 1.83 bits per heavy atom. The molecule has 3 aromatic rings. The molecule has 13 heteroatoms. The van der Waals surface area contributed by atoms with E-state index >= 15 is 0 Å². The summed E-state index contributed by atoms with van der Waals surface area (Å²) in [6.45, 7) is 0. The lowest BCUT2D eigenvalue weighted by Gasteiger charge is -2.29. The Labute approximate surface area is 205 Å². The molecule has 5 rings (SSSR count). The predicted octanol–water partition coefficient (Wildman–Crippen LogP) is 3.87. The maximum atomic E-state index is 13.5. The Morgan fingerprint density at radius 1 is 1.11 bits per heavy atom. The summed E-state index contributed by atoms with van der Waals surface area (Å²) >= 11 is 3.15. The van der Waals surface area contributed by atoms with Gasteiger partial charge in [0.15, 0.2) is 5.69 Å². The summed E-state index contributed by atoms with van der Waals surface area (Å²) in [7, 11) is 0. The Hall–Kier alpha value is -3.09. The number of hydrogen-bond acceptors (Lipinski definition) is 5. The van der Waals surface area contributed by atoms with Crippen LogP contribution < -0.4 is 15.8 Å². The fourth-order valence-electron chi connectivity index (χ4n) is 4.32. The van der Waals surface area contributed by atoms with Crippen LogP contribution in [0.3, 0.4) is 0 Å². The first-order valence-corrected chi connectivity index (χ1v) is 12.0. The average Bonchev–Trinajstić information content (AvgIpc) is 3.43. The maximum absolute atomic E-state index is 13.5. The highest BCUT2D eigenvalue weighted by atomic mass is 79.9. The van der Waals surface area contributed by atoms with Gasteiger partial charge in [-0.3, -0.25) is 18.7 Å². The molecule has 2 amide bonds. The van der Waals surface area contributed by atoms with E-state index in [1.807, 2.05) is 0 Å². The number of ether oxygens (including phenoxy) is 1. The smallest absolute Gasteiger partial charge is 0.450 e. The molecular weight excluding hydrogens is 533 g/mol. The number of primary amides is 1. The largest absolute Gasteiger partial charge is 0.473 e. The average molecular weight is 555 g/mol. The number of nitrogens with zero attached hydrogens (tertiary/aromatic N) is 4. The monoisotopic (exact) mass is 554 g/mol. The van der Waals surface area contributed by atoms with Gasteiger partial charge in [0, 0.05) is 22.9 Å². The van der Waals surface area contributed by atoms with E-state index in [9.17, 15) is 22.8 Å². The molecule has 3 aromatic heterocycles. The van der Waals surface area contributed by atoms with Crippen molar-refractivity contribution in [1.29, 1.82) is 0 Å². The van der Waals surface area contributed by atoms with Crippen molar-refractivity contribution in [3.63, 3.8) is 0 Å². The van der Waals surface area contributed by atoms with Crippen LogP contribution in [0.1, 0.15) is 71.2 Å². The SMILES string of the molecule is NC(=O)c1cn(C2CC2)nc1OC1CCC(NC(=O)c2nc(C(F)(F)F)n3cc(Br)ccc23)CC1. The Morgan fingerprint density at radius 3 is 2.46 bits per heavy atom. The van der Waals surface area contributed by atoms with Crippen molar-refractivity contribution >= 4 is 33.3 Å². The van der Waals surface area contributed by atoms with E-state index in [-0.39, 0.29) is 40.8 Å². The third kappa shape index (κ3) is 4.86. The molecule has 3 N–H and O–H groups in total. The highest BCUT2D eigenvalue weighted by Crippen LogP contribution is 2.36. The quantitative estimate of drug-likeness (QED) is 0.479. The lowest BCUT2D eigenvalue weighted by atomic mass is 9.93. The van der Waals surface area contributed by atoms with Crippen molar-refractivity contribution in [2.75, 3.05) is 0 Å². The molecule has 0 saturated heterocycles. The minimum Gasteiger partial charge on any atom is -0.473 e. The lowest BCUT2D eigenvalue weighted by Crippen LogP contribution is -2.40. The number of imidazole rings is 1. The topological polar surface area (TPSA) is 117 Å². The fraction of sp³-hybridized carbons (Fsp3) is 0.455. The number of fused-ring (bicyclic) bond motifs is 1. The molecule has 0 aliphatic heterocycles. The number of carbonyl (C=O) groups excluding carboxylic acids is 2. The van der Waals surface area contributed by atoms with Gasteiger partial charge in [0.2, 0.25) is 11.7 Å². The number of nitrogens with one attached hydrogen (secondary N) is 1. The Balaban J connectivity index is 1.24. The number of nitrogens with two attached hydrogens (primary N) is 1. The zero-order valence-electron chi connectivity index (χ0n) is 18.4. The molecule has 0 atom stereocenters. The van der Waals surface area contributed by atoms with E-state index in [1.54, 1.807) is 16.9 Å². The van der Waals surface area contributed by atoms with Gasteiger partial charge < -0.3 is 15.8 Å². The van der Waals surface area contributed by atoms with Gasteiger partial charge in [-0.25, -0.2) is 4.98 Å². The molecule has 0 unspecified atom stereocenters. The number of halogens is 4. The summed E-state index contributed by atoms with van der Waals surface area (Å²) in [5, 5.41) is 7.17. The van der Waals surface area contributed by atoms with E-state index in [4.69, 9.17) is 10.5 Å². The van der Waals surface area contributed by atoms with Crippen LogP contribution in [0, 0.1) is 0 Å². The summed E-state index contributed by atoms with van der Waals surface area (Å²) in [6.07, 6.45) is 2.16. The zero-order chi connectivity index (χ0) is 24.9. The van der Waals surface area contributed by atoms with Crippen LogP contribution >= 0.6 is 15.9 Å². The van der Waals surface area contributed by atoms with Crippen molar-refractivity contribution in [2.45, 2.75) is 62.9 Å². The number of carbonyl (C=O) groups is 2. The first-order chi connectivity index (χ1) is 16.6. The van der Waals surface area contributed by atoms with E-state index in [1.165, 1.54) is 12.3 Å². The van der Waals surface area contributed by atoms with Crippen molar-refractivity contribution in [3.05, 3.63) is 46.1 Å². The Bertz CT molecular complexity index is 1290. The van der Waals surface area contributed by atoms with Gasteiger partial charge in [-0.05, 0) is 66.6 Å². The second kappa shape index (κ2) is 8.85. The minimum absolute atomic E-state index is 0.0697. The molecular formula is C22H22BrF3N6O3. The summed E-state index contributed by atoms with van der Waals surface area (Å²) in [5.74, 6) is -2.21. The molecule has 35 heavy (non-hydrogen) atoms. The normalized spacial score (nSPS) is 20.7. The van der Waals surface area contributed by atoms with Gasteiger partial charge in [-0.1, -0.05) is 0 Å². The maximum Gasteiger partial charge on any atom is 0.450 e. The molecule has 2 aliphatic rings. The highest BCUT2D eigenvalue weighted by molar-refractivity contribution is 9.10. The van der Waals surface area contributed by atoms with Crippen LogP contribution in [-0.2, 0) is 6.18 Å². The second-order valence-electron chi connectivity index (χ2n) is 8.87. The van der Waals surface area contributed by atoms with E-state index in [0.717, 1.165) is 17.2 Å². The second-order valence-corrected chi connectivity index (χ2v) is 9.79. The van der Waals surface area contributed by atoms with E-state index in [2.05, 4.69) is 31.3 Å². The first kappa shape index (κ1) is 23.6. The molecule has 0 bridgehead atoms. The summed E-state index contributed by atoms with van der Waals surface area (Å²) in [4.78, 5) is 28.2. The molecule has 186 valence electrons. The summed E-state index contributed by atoms with van der Waals surface area (Å²) in [5.41, 5.74) is 5.50. The molecule has 2 saturated carbocycles. The molecule has 0 radical (unpaired) electrons. The van der Waals surface area contributed by atoms with Gasteiger partial charge >= 0.3 is 6.18 Å².